The van der Waals surface area contributed by atoms with Gasteiger partial charge in [0.15, 0.2) is 0 Å². The molecule has 2 aromatic rings. The molecule has 5 rings (SSSR count). The summed E-state index contributed by atoms with van der Waals surface area (Å²) in [4.78, 5) is 15.2. The molecular formula is C22H21F3N2O3. The van der Waals surface area contributed by atoms with Crippen LogP contribution in [0.15, 0.2) is 30.3 Å². The van der Waals surface area contributed by atoms with Crippen LogP contribution in [0.25, 0.3) is 11.1 Å². The molecule has 8 heteroatoms. The lowest BCUT2D eigenvalue weighted by Crippen LogP contribution is -2.47. The van der Waals surface area contributed by atoms with Crippen molar-refractivity contribution in [1.82, 2.24) is 4.90 Å². The van der Waals surface area contributed by atoms with Crippen LogP contribution in [-0.2, 0) is 12.6 Å². The molecular weight excluding hydrogens is 397 g/mol. The number of halogens is 3. The summed E-state index contributed by atoms with van der Waals surface area (Å²) in [6, 6.07) is 7.94. The number of fused-ring (bicyclic) bond motifs is 3. The molecule has 2 atom stereocenters. The van der Waals surface area contributed by atoms with Gasteiger partial charge in [0, 0.05) is 37.3 Å². The number of piperidine rings is 1. The zero-order valence-electron chi connectivity index (χ0n) is 16.4. The molecule has 0 spiro atoms. The van der Waals surface area contributed by atoms with Crippen molar-refractivity contribution in [1.29, 1.82) is 0 Å². The molecule has 1 saturated heterocycles. The summed E-state index contributed by atoms with van der Waals surface area (Å²) in [5.41, 5.74) is 3.03. The maximum Gasteiger partial charge on any atom is 0.417 e. The maximum atomic E-state index is 13.8. The average Bonchev–Trinajstić information content (AvgIpc) is 3.28. The monoisotopic (exact) mass is 418 g/mol. The fourth-order valence-corrected chi connectivity index (χ4v) is 5.31. The quantitative estimate of drug-likeness (QED) is 0.775. The summed E-state index contributed by atoms with van der Waals surface area (Å²) in [5.74, 6) is 0.142. The Labute approximate surface area is 171 Å². The fraction of sp³-hybridized carbons (Fsp3) is 0.409. The number of alkyl halides is 3. The summed E-state index contributed by atoms with van der Waals surface area (Å²) < 4.78 is 46.4. The van der Waals surface area contributed by atoms with Gasteiger partial charge < -0.3 is 19.6 Å². The van der Waals surface area contributed by atoms with E-state index in [4.69, 9.17) is 4.74 Å². The summed E-state index contributed by atoms with van der Waals surface area (Å²) in [6.07, 6.45) is -3.93. The number of hydrogen-bond acceptors (Lipinski definition) is 3. The third-order valence-electron chi connectivity index (χ3n) is 6.62. The summed E-state index contributed by atoms with van der Waals surface area (Å²) >= 11 is 0. The second-order valence-electron chi connectivity index (χ2n) is 8.12. The van der Waals surface area contributed by atoms with Crippen molar-refractivity contribution in [3.05, 3.63) is 47.0 Å². The molecule has 0 saturated carbocycles. The van der Waals surface area contributed by atoms with Gasteiger partial charge in [-0.2, -0.15) is 13.2 Å². The van der Waals surface area contributed by atoms with Crippen LogP contribution >= 0.6 is 0 Å². The Kier molecular flexibility index (Phi) is 4.17. The number of nitrogens with zero attached hydrogens (tertiary/aromatic N) is 2. The van der Waals surface area contributed by atoms with Gasteiger partial charge in [0.25, 0.3) is 0 Å². The Morgan fingerprint density at radius 1 is 1.20 bits per heavy atom. The Balaban J connectivity index is 1.63. The number of methoxy groups -OCH3 is 1. The third kappa shape index (κ3) is 2.80. The van der Waals surface area contributed by atoms with Gasteiger partial charge in [-0.1, -0.05) is 6.07 Å². The van der Waals surface area contributed by atoms with Gasteiger partial charge in [0.1, 0.15) is 5.75 Å². The normalized spacial score (nSPS) is 22.1. The summed E-state index contributed by atoms with van der Waals surface area (Å²) in [6.45, 7) is 1.69. The van der Waals surface area contributed by atoms with Crippen molar-refractivity contribution >= 4 is 11.8 Å². The second kappa shape index (κ2) is 6.55. The first-order valence-electron chi connectivity index (χ1n) is 9.95. The first kappa shape index (κ1) is 19.1. The molecule has 1 amide bonds. The van der Waals surface area contributed by atoms with Crippen LogP contribution < -0.4 is 9.64 Å². The third-order valence-corrected chi connectivity index (χ3v) is 6.62. The van der Waals surface area contributed by atoms with Crippen LogP contribution in [0, 0.1) is 0 Å². The molecule has 2 unspecified atom stereocenters. The number of carbonyl (C=O) groups is 1. The minimum atomic E-state index is -4.51. The van der Waals surface area contributed by atoms with E-state index in [0.717, 1.165) is 42.3 Å². The highest BCUT2D eigenvalue weighted by atomic mass is 19.4. The predicted molar refractivity (Wildman–Crippen MR) is 105 cm³/mol. The van der Waals surface area contributed by atoms with E-state index in [2.05, 4.69) is 4.90 Å². The Morgan fingerprint density at radius 3 is 2.70 bits per heavy atom. The molecule has 0 radical (unpaired) electrons. The topological polar surface area (TPSA) is 53.0 Å². The molecule has 1 N–H and O–H groups in total. The van der Waals surface area contributed by atoms with E-state index < -0.39 is 17.8 Å². The number of anilines is 1. The van der Waals surface area contributed by atoms with E-state index in [1.165, 1.54) is 18.1 Å². The highest BCUT2D eigenvalue weighted by Gasteiger charge is 2.46. The van der Waals surface area contributed by atoms with E-state index in [-0.39, 0.29) is 23.3 Å². The minimum absolute atomic E-state index is 0.0172. The summed E-state index contributed by atoms with van der Waals surface area (Å²) in [7, 11) is 1.34. The maximum absolute atomic E-state index is 13.8. The molecule has 5 nitrogen and oxygen atoms in total. The van der Waals surface area contributed by atoms with Crippen LogP contribution in [0.1, 0.15) is 29.0 Å². The van der Waals surface area contributed by atoms with Gasteiger partial charge in [-0.05, 0) is 59.4 Å². The first-order chi connectivity index (χ1) is 14.3. The van der Waals surface area contributed by atoms with Crippen LogP contribution in [-0.4, -0.2) is 48.9 Å². The minimum Gasteiger partial charge on any atom is -0.497 e. The van der Waals surface area contributed by atoms with Crippen LogP contribution in [0.4, 0.5) is 23.7 Å². The van der Waals surface area contributed by atoms with Crippen LogP contribution in [0.2, 0.25) is 0 Å². The second-order valence-corrected chi connectivity index (χ2v) is 8.12. The highest BCUT2D eigenvalue weighted by molar-refractivity contribution is 5.79. The van der Waals surface area contributed by atoms with E-state index in [9.17, 15) is 23.1 Å². The highest BCUT2D eigenvalue weighted by Crippen LogP contribution is 2.51. The standard InChI is InChI=1S/C22H21F3N2O3/c1-30-14-2-3-15(18(10-14)22(23,24)25)13-8-12-4-7-27-19-5-6-26(21(28)29)11-17(19)16(9-13)20(12)27/h2-3,8-10,17,19H,4-7,11H2,1H3,(H,28,29). The molecule has 30 heavy (non-hydrogen) atoms. The number of ether oxygens (including phenoxy) is 1. The van der Waals surface area contributed by atoms with Gasteiger partial charge >= 0.3 is 12.3 Å². The van der Waals surface area contributed by atoms with Crippen molar-refractivity contribution in [2.24, 2.45) is 0 Å². The van der Waals surface area contributed by atoms with Crippen molar-refractivity contribution in [2.75, 3.05) is 31.6 Å². The van der Waals surface area contributed by atoms with Gasteiger partial charge in [0.05, 0.1) is 12.7 Å². The largest absolute Gasteiger partial charge is 0.497 e. The smallest absolute Gasteiger partial charge is 0.417 e. The van der Waals surface area contributed by atoms with Crippen molar-refractivity contribution in [3.63, 3.8) is 0 Å². The number of rotatable bonds is 2. The predicted octanol–water partition coefficient (Wildman–Crippen LogP) is 4.59. The average molecular weight is 418 g/mol. The number of carboxylic acid groups (broad SMARTS) is 1. The molecule has 0 aliphatic carbocycles. The zero-order chi connectivity index (χ0) is 21.2. The lowest BCUT2D eigenvalue weighted by atomic mass is 9.85. The van der Waals surface area contributed by atoms with Gasteiger partial charge in [-0.15, -0.1) is 0 Å². The SMILES string of the molecule is COc1ccc(-c2cc3c4c(c2)C2CN(C(=O)O)CCC2N4CC3)c(C(F)(F)F)c1. The zero-order valence-corrected chi connectivity index (χ0v) is 16.4. The molecule has 158 valence electrons. The van der Waals surface area contributed by atoms with E-state index in [0.29, 0.717) is 18.7 Å². The van der Waals surface area contributed by atoms with Crippen LogP contribution in [0.5, 0.6) is 5.75 Å². The Morgan fingerprint density at radius 2 is 2.00 bits per heavy atom. The van der Waals surface area contributed by atoms with E-state index in [1.54, 1.807) is 6.07 Å². The van der Waals surface area contributed by atoms with Gasteiger partial charge in [-0.3, -0.25) is 0 Å². The van der Waals surface area contributed by atoms with E-state index in [1.807, 2.05) is 12.1 Å². The fourth-order valence-electron chi connectivity index (χ4n) is 5.31. The van der Waals surface area contributed by atoms with E-state index >= 15 is 0 Å². The molecule has 0 bridgehead atoms. The first-order valence-corrected chi connectivity index (χ1v) is 9.95. The Hall–Kier alpha value is -2.90. The number of benzene rings is 2. The van der Waals surface area contributed by atoms with Crippen LogP contribution in [0.3, 0.4) is 0 Å². The summed E-state index contributed by atoms with van der Waals surface area (Å²) in [5, 5.41) is 9.42. The molecule has 3 aliphatic heterocycles. The van der Waals surface area contributed by atoms with Crippen molar-refractivity contribution in [3.8, 4) is 16.9 Å². The van der Waals surface area contributed by atoms with Crippen molar-refractivity contribution < 1.29 is 27.8 Å². The van der Waals surface area contributed by atoms with Gasteiger partial charge in [-0.25, -0.2) is 4.79 Å². The molecule has 2 aromatic carbocycles. The Bertz CT molecular complexity index is 1040. The molecule has 0 aromatic heterocycles. The number of hydrogen-bond donors (Lipinski definition) is 1. The lowest BCUT2D eigenvalue weighted by Gasteiger charge is -2.37. The number of likely N-dealkylation sites (tertiary alicyclic amines) is 1. The number of amides is 1. The lowest BCUT2D eigenvalue weighted by molar-refractivity contribution is -0.137. The van der Waals surface area contributed by atoms with Gasteiger partial charge in [0.2, 0.25) is 0 Å². The molecule has 3 aliphatic rings. The van der Waals surface area contributed by atoms with Crippen molar-refractivity contribution in [2.45, 2.75) is 31.0 Å². The molecule has 1 fully saturated rings. The molecule has 3 heterocycles.